The van der Waals surface area contributed by atoms with Gasteiger partial charge in [0.05, 0.1) is 37.7 Å². The molecule has 1 fully saturated rings. The Morgan fingerprint density at radius 1 is 1.07 bits per heavy atom. The van der Waals surface area contributed by atoms with Gasteiger partial charge in [0.25, 0.3) is 0 Å². The van der Waals surface area contributed by atoms with Crippen molar-refractivity contribution >= 4 is 16.9 Å². The maximum Gasteiger partial charge on any atom is 0.227 e. The molecule has 6 heteroatoms. The number of carbonyl (C=O) groups excluding carboxylic acids is 1. The van der Waals surface area contributed by atoms with Crippen LogP contribution in [0.4, 0.5) is 0 Å². The predicted molar refractivity (Wildman–Crippen MR) is 117 cm³/mol. The molecule has 3 aromatic rings. The van der Waals surface area contributed by atoms with E-state index in [2.05, 4.69) is 37.5 Å². The molecule has 1 aliphatic heterocycles. The van der Waals surface area contributed by atoms with Crippen molar-refractivity contribution in [2.24, 2.45) is 0 Å². The number of para-hydroxylation sites is 2. The van der Waals surface area contributed by atoms with E-state index in [0.29, 0.717) is 31.0 Å². The highest BCUT2D eigenvalue weighted by Gasteiger charge is 2.36. The third-order valence-corrected chi connectivity index (χ3v) is 5.65. The monoisotopic (exact) mass is 407 g/mol. The van der Waals surface area contributed by atoms with Gasteiger partial charge in [0.15, 0.2) is 11.5 Å². The van der Waals surface area contributed by atoms with Crippen LogP contribution < -0.4 is 9.47 Å². The van der Waals surface area contributed by atoms with E-state index >= 15 is 0 Å². The van der Waals surface area contributed by atoms with Gasteiger partial charge < -0.3 is 18.9 Å². The SMILES string of the molecule is COc1ccc(CC(=O)N2CC(n3c(C(C)(C)C)nc4ccccc43)C2)cc1OC. The second-order valence-corrected chi connectivity index (χ2v) is 8.86. The fourth-order valence-electron chi connectivity index (χ4n) is 4.04. The van der Waals surface area contributed by atoms with Crippen LogP contribution in [0.1, 0.15) is 38.2 Å². The Labute approximate surface area is 177 Å². The molecule has 0 radical (unpaired) electrons. The summed E-state index contributed by atoms with van der Waals surface area (Å²) in [5, 5.41) is 0. The number of nitrogens with zero attached hydrogens (tertiary/aromatic N) is 3. The van der Waals surface area contributed by atoms with E-state index in [1.807, 2.05) is 35.2 Å². The second-order valence-electron chi connectivity index (χ2n) is 8.86. The number of ether oxygens (including phenoxy) is 2. The topological polar surface area (TPSA) is 56.6 Å². The second kappa shape index (κ2) is 7.67. The highest BCUT2D eigenvalue weighted by atomic mass is 16.5. The Morgan fingerprint density at radius 3 is 2.43 bits per heavy atom. The summed E-state index contributed by atoms with van der Waals surface area (Å²) in [5.74, 6) is 2.50. The fourth-order valence-corrected chi connectivity index (χ4v) is 4.04. The molecule has 2 heterocycles. The summed E-state index contributed by atoms with van der Waals surface area (Å²) in [6, 6.07) is 14.1. The van der Waals surface area contributed by atoms with Gasteiger partial charge in [-0.3, -0.25) is 4.79 Å². The number of fused-ring (bicyclic) bond motifs is 1. The van der Waals surface area contributed by atoms with Gasteiger partial charge >= 0.3 is 0 Å². The Hall–Kier alpha value is -3.02. The average Bonchev–Trinajstić information content (AvgIpc) is 3.06. The standard InChI is InChI=1S/C24H29N3O3/c1-24(2,3)23-25-18-8-6-7-9-19(18)27(23)17-14-26(15-17)22(28)13-16-10-11-20(29-4)21(12-16)30-5/h6-12,17H,13-15H2,1-5H3. The molecule has 158 valence electrons. The van der Waals surface area contributed by atoms with Crippen molar-refractivity contribution in [3.8, 4) is 11.5 Å². The lowest BCUT2D eigenvalue weighted by atomic mass is 9.94. The van der Waals surface area contributed by atoms with Gasteiger partial charge in [0.2, 0.25) is 5.91 Å². The Balaban J connectivity index is 1.50. The molecule has 0 atom stereocenters. The molecule has 0 N–H and O–H groups in total. The molecule has 6 nitrogen and oxygen atoms in total. The number of amides is 1. The summed E-state index contributed by atoms with van der Waals surface area (Å²) in [6.45, 7) is 7.96. The molecular weight excluding hydrogens is 378 g/mol. The molecule has 1 amide bonds. The van der Waals surface area contributed by atoms with Crippen molar-refractivity contribution in [2.75, 3.05) is 27.3 Å². The highest BCUT2D eigenvalue weighted by Crippen LogP contribution is 2.34. The zero-order chi connectivity index (χ0) is 21.5. The van der Waals surface area contributed by atoms with Crippen LogP contribution in [0.3, 0.4) is 0 Å². The number of imidazole rings is 1. The van der Waals surface area contributed by atoms with Crippen molar-refractivity contribution in [2.45, 2.75) is 38.6 Å². The lowest BCUT2D eigenvalue weighted by Crippen LogP contribution is -2.52. The normalized spacial score (nSPS) is 14.6. The first-order valence-electron chi connectivity index (χ1n) is 10.3. The van der Waals surface area contributed by atoms with Gasteiger partial charge in [-0.2, -0.15) is 0 Å². The van der Waals surface area contributed by atoms with E-state index < -0.39 is 0 Å². The molecule has 4 rings (SSSR count). The van der Waals surface area contributed by atoms with Crippen molar-refractivity contribution in [1.82, 2.24) is 14.5 Å². The largest absolute Gasteiger partial charge is 0.493 e. The molecule has 1 aromatic heterocycles. The number of hydrogen-bond donors (Lipinski definition) is 0. The van der Waals surface area contributed by atoms with Gasteiger partial charge in [0.1, 0.15) is 5.82 Å². The van der Waals surface area contributed by atoms with E-state index in [1.165, 1.54) is 0 Å². The summed E-state index contributed by atoms with van der Waals surface area (Å²) >= 11 is 0. The molecule has 0 bridgehead atoms. The van der Waals surface area contributed by atoms with E-state index in [1.54, 1.807) is 14.2 Å². The summed E-state index contributed by atoms with van der Waals surface area (Å²) in [6.07, 6.45) is 0.351. The number of likely N-dealkylation sites (tertiary alicyclic amines) is 1. The number of carbonyl (C=O) groups is 1. The first-order valence-corrected chi connectivity index (χ1v) is 10.3. The Bertz CT molecular complexity index is 1070. The summed E-state index contributed by atoms with van der Waals surface area (Å²) in [4.78, 5) is 19.7. The first kappa shape index (κ1) is 20.3. The minimum absolute atomic E-state index is 0.0664. The van der Waals surface area contributed by atoms with Crippen LogP contribution in [0.2, 0.25) is 0 Å². The molecule has 0 unspecified atom stereocenters. The lowest BCUT2D eigenvalue weighted by Gasteiger charge is -2.42. The highest BCUT2D eigenvalue weighted by molar-refractivity contribution is 5.80. The minimum Gasteiger partial charge on any atom is -0.493 e. The Kier molecular flexibility index (Phi) is 5.18. The average molecular weight is 408 g/mol. The maximum atomic E-state index is 12.8. The third-order valence-electron chi connectivity index (χ3n) is 5.65. The molecule has 0 spiro atoms. The van der Waals surface area contributed by atoms with E-state index in [4.69, 9.17) is 14.5 Å². The molecule has 0 saturated carbocycles. The number of rotatable bonds is 5. The van der Waals surface area contributed by atoms with Crippen molar-refractivity contribution in [3.05, 3.63) is 53.9 Å². The minimum atomic E-state index is -0.0664. The summed E-state index contributed by atoms with van der Waals surface area (Å²) < 4.78 is 13.0. The number of aromatic nitrogens is 2. The summed E-state index contributed by atoms with van der Waals surface area (Å²) in [7, 11) is 3.21. The van der Waals surface area contributed by atoms with E-state index in [9.17, 15) is 4.79 Å². The predicted octanol–water partition coefficient (Wildman–Crippen LogP) is 3.98. The number of benzene rings is 2. The van der Waals surface area contributed by atoms with E-state index in [0.717, 1.165) is 22.4 Å². The molecule has 2 aromatic carbocycles. The van der Waals surface area contributed by atoms with Crippen molar-refractivity contribution in [3.63, 3.8) is 0 Å². The first-order chi connectivity index (χ1) is 14.3. The zero-order valence-electron chi connectivity index (χ0n) is 18.3. The maximum absolute atomic E-state index is 12.8. The van der Waals surface area contributed by atoms with Gasteiger partial charge in [-0.15, -0.1) is 0 Å². The summed E-state index contributed by atoms with van der Waals surface area (Å²) in [5.41, 5.74) is 3.00. The van der Waals surface area contributed by atoms with E-state index in [-0.39, 0.29) is 17.4 Å². The van der Waals surface area contributed by atoms with Crippen LogP contribution in [0.25, 0.3) is 11.0 Å². The van der Waals surface area contributed by atoms with Crippen LogP contribution in [0, 0.1) is 0 Å². The number of hydrogen-bond acceptors (Lipinski definition) is 4. The van der Waals surface area contributed by atoms with Gasteiger partial charge in [-0.25, -0.2) is 4.98 Å². The molecule has 1 saturated heterocycles. The molecule has 1 aliphatic rings. The number of methoxy groups -OCH3 is 2. The van der Waals surface area contributed by atoms with Crippen LogP contribution in [-0.4, -0.2) is 47.7 Å². The van der Waals surface area contributed by atoms with Crippen LogP contribution in [-0.2, 0) is 16.6 Å². The zero-order valence-corrected chi connectivity index (χ0v) is 18.3. The van der Waals surface area contributed by atoms with Gasteiger partial charge in [-0.1, -0.05) is 39.0 Å². The van der Waals surface area contributed by atoms with Crippen LogP contribution in [0.15, 0.2) is 42.5 Å². The quantitative estimate of drug-likeness (QED) is 0.642. The molecular formula is C24H29N3O3. The van der Waals surface area contributed by atoms with Gasteiger partial charge in [0, 0.05) is 18.5 Å². The van der Waals surface area contributed by atoms with Gasteiger partial charge in [-0.05, 0) is 29.8 Å². The third kappa shape index (κ3) is 3.62. The molecule has 0 aliphatic carbocycles. The smallest absolute Gasteiger partial charge is 0.227 e. The molecule has 30 heavy (non-hydrogen) atoms. The fraction of sp³-hybridized carbons (Fsp3) is 0.417. The van der Waals surface area contributed by atoms with Crippen LogP contribution >= 0.6 is 0 Å². The lowest BCUT2D eigenvalue weighted by molar-refractivity contribution is -0.136. The van der Waals surface area contributed by atoms with Crippen molar-refractivity contribution < 1.29 is 14.3 Å². The van der Waals surface area contributed by atoms with Crippen molar-refractivity contribution in [1.29, 1.82) is 0 Å². The Morgan fingerprint density at radius 2 is 1.77 bits per heavy atom. The van der Waals surface area contributed by atoms with Crippen LogP contribution in [0.5, 0.6) is 11.5 Å².